The molecule has 2 N–H and O–H groups in total. The molecule has 2 amide bonds. The Morgan fingerprint density at radius 1 is 1.06 bits per heavy atom. The van der Waals surface area contributed by atoms with E-state index < -0.39 is 11.7 Å². The summed E-state index contributed by atoms with van der Waals surface area (Å²) in [4.78, 5) is 28.9. The molecule has 0 saturated heterocycles. The lowest BCUT2D eigenvalue weighted by Gasteiger charge is -2.07. The normalized spacial score (nSPS) is 11.4. The van der Waals surface area contributed by atoms with Crippen molar-refractivity contribution in [1.82, 2.24) is 10.4 Å². The molecule has 0 spiro atoms. The highest BCUT2D eigenvalue weighted by Gasteiger charge is 2.17. The number of aromatic nitrogens is 1. The zero-order valence-corrected chi connectivity index (χ0v) is 18.3. The van der Waals surface area contributed by atoms with E-state index in [2.05, 4.69) is 20.8 Å². The molecule has 0 saturated carbocycles. The second-order valence-corrected chi connectivity index (χ2v) is 8.23. The number of pyridine rings is 1. The average molecular weight is 467 g/mol. The molecule has 0 unspecified atom stereocenters. The number of hydrogen-bond acceptors (Lipinski definition) is 5. The van der Waals surface area contributed by atoms with Crippen LogP contribution in [0.15, 0.2) is 72.1 Å². The van der Waals surface area contributed by atoms with Crippen LogP contribution in [0.25, 0.3) is 10.1 Å². The quantitative estimate of drug-likeness (QED) is 0.301. The van der Waals surface area contributed by atoms with E-state index in [-0.39, 0.29) is 15.8 Å². The fourth-order valence-corrected chi connectivity index (χ4v) is 4.36. The topological polar surface area (TPSA) is 83.5 Å². The standard InChI is InChI=1S/C23H16ClFN4O2S/c1-13(14-4-7-17(8-5-14)27-22(30)15-3-2-10-26-12-15)28-29-23(31)21-20(24)18-9-6-16(25)11-19(18)32-21/h2-12H,1H3,(H,27,30)(H,29,31)/b28-13-. The predicted octanol–water partition coefficient (Wildman–Crippen LogP) is 5.50. The highest BCUT2D eigenvalue weighted by atomic mass is 35.5. The molecule has 9 heteroatoms. The number of amides is 2. The minimum absolute atomic E-state index is 0.261. The number of carbonyl (C=O) groups excluding carboxylic acids is 2. The Balaban J connectivity index is 1.43. The van der Waals surface area contributed by atoms with Crippen LogP contribution in [0.2, 0.25) is 5.02 Å². The summed E-state index contributed by atoms with van der Waals surface area (Å²) < 4.78 is 14.0. The fraction of sp³-hybridized carbons (Fsp3) is 0.0435. The maximum absolute atomic E-state index is 13.4. The summed E-state index contributed by atoms with van der Waals surface area (Å²) in [7, 11) is 0. The molecular formula is C23H16ClFN4O2S. The van der Waals surface area contributed by atoms with Crippen molar-refractivity contribution in [2.24, 2.45) is 5.10 Å². The number of carbonyl (C=O) groups is 2. The third kappa shape index (κ3) is 4.66. The first-order valence-electron chi connectivity index (χ1n) is 9.46. The minimum atomic E-state index is -0.476. The summed E-state index contributed by atoms with van der Waals surface area (Å²) in [6, 6.07) is 14.6. The Kier molecular flexibility index (Phi) is 6.25. The zero-order valence-electron chi connectivity index (χ0n) is 16.7. The Morgan fingerprint density at radius 2 is 1.84 bits per heavy atom. The zero-order chi connectivity index (χ0) is 22.7. The van der Waals surface area contributed by atoms with Crippen molar-refractivity contribution in [3.63, 3.8) is 0 Å². The lowest BCUT2D eigenvalue weighted by atomic mass is 10.1. The number of thiophene rings is 1. The minimum Gasteiger partial charge on any atom is -0.322 e. The molecular weight excluding hydrogens is 451 g/mol. The number of anilines is 1. The van der Waals surface area contributed by atoms with Gasteiger partial charge in [-0.1, -0.05) is 23.7 Å². The molecule has 2 aromatic heterocycles. The van der Waals surface area contributed by atoms with Crippen LogP contribution in [0.5, 0.6) is 0 Å². The number of hydrazone groups is 1. The molecule has 0 bridgehead atoms. The van der Waals surface area contributed by atoms with Crippen LogP contribution >= 0.6 is 22.9 Å². The van der Waals surface area contributed by atoms with E-state index in [9.17, 15) is 14.0 Å². The largest absolute Gasteiger partial charge is 0.322 e. The average Bonchev–Trinajstić information content (AvgIpc) is 3.13. The molecule has 4 rings (SSSR count). The molecule has 0 fully saturated rings. The molecule has 0 radical (unpaired) electrons. The third-order valence-electron chi connectivity index (χ3n) is 4.61. The van der Waals surface area contributed by atoms with Gasteiger partial charge < -0.3 is 5.32 Å². The number of nitrogens with zero attached hydrogens (tertiary/aromatic N) is 2. The van der Waals surface area contributed by atoms with Crippen LogP contribution in [0.1, 0.15) is 32.5 Å². The van der Waals surface area contributed by atoms with Gasteiger partial charge in [-0.05, 0) is 55.0 Å². The highest BCUT2D eigenvalue weighted by Crippen LogP contribution is 2.35. The molecule has 0 aliphatic heterocycles. The molecule has 0 aliphatic rings. The van der Waals surface area contributed by atoms with E-state index in [0.717, 1.165) is 16.9 Å². The van der Waals surface area contributed by atoms with Gasteiger partial charge in [0.2, 0.25) is 0 Å². The van der Waals surface area contributed by atoms with Gasteiger partial charge in [0.1, 0.15) is 10.7 Å². The summed E-state index contributed by atoms with van der Waals surface area (Å²) in [6.07, 6.45) is 3.09. The van der Waals surface area contributed by atoms with E-state index in [0.29, 0.717) is 27.0 Å². The van der Waals surface area contributed by atoms with E-state index in [1.54, 1.807) is 55.6 Å². The number of hydrogen-bond donors (Lipinski definition) is 2. The van der Waals surface area contributed by atoms with Crippen molar-refractivity contribution in [2.75, 3.05) is 5.32 Å². The fourth-order valence-electron chi connectivity index (χ4n) is 2.93. The number of benzene rings is 2. The van der Waals surface area contributed by atoms with Crippen LogP contribution in [0.4, 0.5) is 10.1 Å². The van der Waals surface area contributed by atoms with Crippen molar-refractivity contribution in [1.29, 1.82) is 0 Å². The maximum Gasteiger partial charge on any atom is 0.283 e. The maximum atomic E-state index is 13.4. The molecule has 32 heavy (non-hydrogen) atoms. The molecule has 4 aromatic rings. The second kappa shape index (κ2) is 9.25. The summed E-state index contributed by atoms with van der Waals surface area (Å²) in [5.74, 6) is -1.13. The molecule has 2 aromatic carbocycles. The van der Waals surface area contributed by atoms with E-state index >= 15 is 0 Å². The van der Waals surface area contributed by atoms with Gasteiger partial charge in [-0.25, -0.2) is 9.82 Å². The van der Waals surface area contributed by atoms with Crippen molar-refractivity contribution >= 4 is 56.2 Å². The second-order valence-electron chi connectivity index (χ2n) is 6.80. The molecule has 0 atom stereocenters. The van der Waals surface area contributed by atoms with Crippen LogP contribution in [-0.2, 0) is 0 Å². The lowest BCUT2D eigenvalue weighted by molar-refractivity contribution is 0.0958. The van der Waals surface area contributed by atoms with Crippen molar-refractivity contribution < 1.29 is 14.0 Å². The van der Waals surface area contributed by atoms with Gasteiger partial charge in [0.25, 0.3) is 11.8 Å². The van der Waals surface area contributed by atoms with Crippen molar-refractivity contribution in [3.05, 3.63) is 93.8 Å². The number of halogens is 2. The van der Waals surface area contributed by atoms with Crippen LogP contribution in [-0.4, -0.2) is 22.5 Å². The number of rotatable bonds is 5. The lowest BCUT2D eigenvalue weighted by Crippen LogP contribution is -2.18. The SMILES string of the molecule is C/C(=N/NC(=O)c1sc2cc(F)ccc2c1Cl)c1ccc(NC(=O)c2cccnc2)cc1. The number of nitrogens with one attached hydrogen (secondary N) is 2. The Morgan fingerprint density at radius 3 is 2.56 bits per heavy atom. The van der Waals surface area contributed by atoms with Gasteiger partial charge in [0.05, 0.1) is 16.3 Å². The molecule has 6 nitrogen and oxygen atoms in total. The van der Waals surface area contributed by atoms with Gasteiger partial charge >= 0.3 is 0 Å². The van der Waals surface area contributed by atoms with Crippen LogP contribution < -0.4 is 10.7 Å². The first-order valence-corrected chi connectivity index (χ1v) is 10.7. The van der Waals surface area contributed by atoms with Crippen molar-refractivity contribution in [2.45, 2.75) is 6.92 Å². The first-order chi connectivity index (χ1) is 15.4. The molecule has 0 aliphatic carbocycles. The smallest absolute Gasteiger partial charge is 0.283 e. The third-order valence-corrected chi connectivity index (χ3v) is 6.26. The van der Waals surface area contributed by atoms with E-state index in [1.807, 2.05) is 0 Å². The summed E-state index contributed by atoms with van der Waals surface area (Å²) >= 11 is 7.38. The van der Waals surface area contributed by atoms with Crippen molar-refractivity contribution in [3.8, 4) is 0 Å². The van der Waals surface area contributed by atoms with E-state index in [1.165, 1.54) is 18.3 Å². The van der Waals surface area contributed by atoms with Gasteiger partial charge in [-0.15, -0.1) is 11.3 Å². The summed E-state index contributed by atoms with van der Waals surface area (Å²) in [6.45, 7) is 1.74. The van der Waals surface area contributed by atoms with Gasteiger partial charge in [-0.3, -0.25) is 14.6 Å². The summed E-state index contributed by atoms with van der Waals surface area (Å²) in [5.41, 5.74) is 4.88. The van der Waals surface area contributed by atoms with E-state index in [4.69, 9.17) is 11.6 Å². The van der Waals surface area contributed by atoms with Gasteiger partial charge in [-0.2, -0.15) is 5.10 Å². The first kappa shape index (κ1) is 21.6. The monoisotopic (exact) mass is 466 g/mol. The predicted molar refractivity (Wildman–Crippen MR) is 125 cm³/mol. The highest BCUT2D eigenvalue weighted by molar-refractivity contribution is 7.21. The Hall–Kier alpha value is -3.62. The molecule has 2 heterocycles. The van der Waals surface area contributed by atoms with Crippen LogP contribution in [0.3, 0.4) is 0 Å². The summed E-state index contributed by atoms with van der Waals surface area (Å²) in [5, 5.41) is 7.81. The van der Waals surface area contributed by atoms with Crippen LogP contribution in [0, 0.1) is 5.82 Å². The van der Waals surface area contributed by atoms with Gasteiger partial charge in [0, 0.05) is 28.2 Å². The Bertz CT molecular complexity index is 1340. The molecule has 160 valence electrons. The number of fused-ring (bicyclic) bond motifs is 1. The van der Waals surface area contributed by atoms with Gasteiger partial charge in [0.15, 0.2) is 0 Å². The Labute approximate surface area is 191 Å².